The van der Waals surface area contributed by atoms with Gasteiger partial charge in [-0.1, -0.05) is 12.2 Å². The molecule has 2 heteroatoms. The summed E-state index contributed by atoms with van der Waals surface area (Å²) in [7, 11) is 0. The number of hydrogen-bond donors (Lipinski definition) is 1. The topological polar surface area (TPSA) is 49.8 Å². The van der Waals surface area contributed by atoms with Crippen molar-refractivity contribution in [2.75, 3.05) is 0 Å². The van der Waals surface area contributed by atoms with Gasteiger partial charge in [0.25, 0.3) is 0 Å². The van der Waals surface area contributed by atoms with E-state index < -0.39 is 0 Å². The second-order valence-electron chi connectivity index (χ2n) is 2.12. The van der Waals surface area contributed by atoms with Crippen LogP contribution < -0.4 is 5.73 Å². The SMILES string of the molecule is N#CC1=CC=CC=C(N)C=C1. The molecule has 0 heterocycles. The molecule has 0 unspecified atom stereocenters. The third-order valence-electron chi connectivity index (χ3n) is 1.26. The molecular weight excluding hydrogens is 136 g/mol. The average Bonchev–Trinajstić information content (AvgIpc) is 1.98. The zero-order valence-corrected chi connectivity index (χ0v) is 5.99. The lowest BCUT2D eigenvalue weighted by Crippen LogP contribution is -1.92. The summed E-state index contributed by atoms with van der Waals surface area (Å²) in [6.45, 7) is 0. The van der Waals surface area contributed by atoms with Crippen LogP contribution in [0.5, 0.6) is 0 Å². The normalized spacial score (nSPS) is 15.9. The first-order valence-electron chi connectivity index (χ1n) is 3.25. The Hall–Kier alpha value is -1.75. The maximum absolute atomic E-state index is 8.53. The Morgan fingerprint density at radius 3 is 2.64 bits per heavy atom. The fourth-order valence-electron chi connectivity index (χ4n) is 0.698. The first-order chi connectivity index (χ1) is 5.33. The van der Waals surface area contributed by atoms with Crippen molar-refractivity contribution in [1.82, 2.24) is 0 Å². The Morgan fingerprint density at radius 2 is 1.91 bits per heavy atom. The van der Waals surface area contributed by atoms with Crippen molar-refractivity contribution >= 4 is 0 Å². The van der Waals surface area contributed by atoms with Crippen molar-refractivity contribution in [2.24, 2.45) is 5.73 Å². The van der Waals surface area contributed by atoms with Crippen LogP contribution in [-0.4, -0.2) is 0 Å². The quantitative estimate of drug-likeness (QED) is 0.558. The predicted molar refractivity (Wildman–Crippen MR) is 44.2 cm³/mol. The van der Waals surface area contributed by atoms with Gasteiger partial charge in [-0.2, -0.15) is 5.26 Å². The Kier molecular flexibility index (Phi) is 2.29. The van der Waals surface area contributed by atoms with Crippen molar-refractivity contribution in [3.8, 4) is 6.07 Å². The van der Waals surface area contributed by atoms with Crippen molar-refractivity contribution in [3.05, 3.63) is 47.7 Å². The first kappa shape index (κ1) is 7.36. The van der Waals surface area contributed by atoms with Crippen LogP contribution in [0.4, 0.5) is 0 Å². The molecule has 0 amide bonds. The number of allylic oxidation sites excluding steroid dienone is 7. The molecule has 1 aliphatic rings. The van der Waals surface area contributed by atoms with E-state index in [1.54, 1.807) is 36.5 Å². The van der Waals surface area contributed by atoms with Gasteiger partial charge in [0.2, 0.25) is 0 Å². The van der Waals surface area contributed by atoms with Crippen LogP contribution in [0, 0.1) is 11.3 Å². The third-order valence-corrected chi connectivity index (χ3v) is 1.26. The standard InChI is InChI=1S/C9H8N2/c10-7-8-3-1-2-4-9(11)6-5-8/h1-6H,11H2. The number of hydrogen-bond acceptors (Lipinski definition) is 2. The molecule has 0 radical (unpaired) electrons. The van der Waals surface area contributed by atoms with E-state index in [4.69, 9.17) is 11.0 Å². The third kappa shape index (κ3) is 2.15. The largest absolute Gasteiger partial charge is 0.399 e. The van der Waals surface area contributed by atoms with Crippen LogP contribution in [-0.2, 0) is 0 Å². The summed E-state index contributed by atoms with van der Waals surface area (Å²) in [5, 5.41) is 8.53. The highest BCUT2D eigenvalue weighted by Gasteiger charge is 1.88. The molecule has 0 bridgehead atoms. The van der Waals surface area contributed by atoms with Gasteiger partial charge in [-0.05, 0) is 24.3 Å². The molecule has 0 saturated heterocycles. The van der Waals surface area contributed by atoms with Crippen molar-refractivity contribution in [3.63, 3.8) is 0 Å². The molecule has 0 atom stereocenters. The van der Waals surface area contributed by atoms with E-state index in [0.717, 1.165) is 0 Å². The number of rotatable bonds is 0. The van der Waals surface area contributed by atoms with Gasteiger partial charge in [-0.3, -0.25) is 0 Å². The smallest absolute Gasteiger partial charge is 0.0991 e. The summed E-state index contributed by atoms with van der Waals surface area (Å²) >= 11 is 0. The van der Waals surface area contributed by atoms with Gasteiger partial charge < -0.3 is 5.73 Å². The van der Waals surface area contributed by atoms with Gasteiger partial charge in [0.1, 0.15) is 0 Å². The molecule has 0 aromatic carbocycles. The first-order valence-corrected chi connectivity index (χ1v) is 3.25. The summed E-state index contributed by atoms with van der Waals surface area (Å²) in [5.74, 6) is 0. The maximum atomic E-state index is 8.53. The molecule has 54 valence electrons. The summed E-state index contributed by atoms with van der Waals surface area (Å²) in [5.41, 5.74) is 6.77. The fourth-order valence-corrected chi connectivity index (χ4v) is 0.698. The molecule has 1 aliphatic carbocycles. The van der Waals surface area contributed by atoms with Crippen LogP contribution in [0.3, 0.4) is 0 Å². The molecule has 11 heavy (non-hydrogen) atoms. The summed E-state index contributed by atoms with van der Waals surface area (Å²) in [6.07, 6.45) is 10.5. The molecule has 0 saturated carbocycles. The summed E-state index contributed by atoms with van der Waals surface area (Å²) < 4.78 is 0. The zero-order chi connectivity index (χ0) is 8.10. The zero-order valence-electron chi connectivity index (χ0n) is 5.99. The highest BCUT2D eigenvalue weighted by atomic mass is 14.5. The molecule has 2 nitrogen and oxygen atoms in total. The van der Waals surface area contributed by atoms with Gasteiger partial charge in [0.15, 0.2) is 0 Å². The fraction of sp³-hybridized carbons (Fsp3) is 0. The minimum absolute atomic E-state index is 0.609. The molecular formula is C9H8N2. The van der Waals surface area contributed by atoms with Gasteiger partial charge in [-0.25, -0.2) is 0 Å². The van der Waals surface area contributed by atoms with Crippen molar-refractivity contribution in [1.29, 1.82) is 5.26 Å². The van der Waals surface area contributed by atoms with E-state index in [0.29, 0.717) is 11.3 Å². The Morgan fingerprint density at radius 1 is 1.18 bits per heavy atom. The van der Waals surface area contributed by atoms with E-state index in [1.165, 1.54) is 0 Å². The molecule has 2 N–H and O–H groups in total. The molecule has 0 aromatic heterocycles. The lowest BCUT2D eigenvalue weighted by atomic mass is 10.2. The van der Waals surface area contributed by atoms with Crippen LogP contribution in [0.2, 0.25) is 0 Å². The van der Waals surface area contributed by atoms with E-state index >= 15 is 0 Å². The summed E-state index contributed by atoms with van der Waals surface area (Å²) in [4.78, 5) is 0. The number of nitrogens with two attached hydrogens (primary N) is 1. The highest BCUT2D eigenvalue weighted by Crippen LogP contribution is 2.01. The lowest BCUT2D eigenvalue weighted by Gasteiger charge is -1.92. The van der Waals surface area contributed by atoms with E-state index in [9.17, 15) is 0 Å². The molecule has 0 spiro atoms. The monoisotopic (exact) mass is 144 g/mol. The molecule has 0 fully saturated rings. The molecule has 1 rings (SSSR count). The van der Waals surface area contributed by atoms with Crippen LogP contribution in [0.15, 0.2) is 47.7 Å². The average molecular weight is 144 g/mol. The number of nitrogens with zero attached hydrogens (tertiary/aromatic N) is 1. The molecule has 0 aliphatic heterocycles. The second-order valence-corrected chi connectivity index (χ2v) is 2.12. The predicted octanol–water partition coefficient (Wildman–Crippen LogP) is 1.40. The van der Waals surface area contributed by atoms with Crippen LogP contribution >= 0.6 is 0 Å². The lowest BCUT2D eigenvalue weighted by molar-refractivity contribution is 1.41. The Bertz CT molecular complexity index is 298. The number of nitriles is 1. The minimum Gasteiger partial charge on any atom is -0.399 e. The van der Waals surface area contributed by atoms with E-state index in [-0.39, 0.29) is 0 Å². The van der Waals surface area contributed by atoms with Crippen LogP contribution in [0.25, 0.3) is 0 Å². The maximum Gasteiger partial charge on any atom is 0.0991 e. The molecule has 0 aromatic rings. The van der Waals surface area contributed by atoms with Gasteiger partial charge in [0.05, 0.1) is 11.6 Å². The second kappa shape index (κ2) is 3.43. The van der Waals surface area contributed by atoms with E-state index in [2.05, 4.69) is 0 Å². The van der Waals surface area contributed by atoms with Crippen molar-refractivity contribution in [2.45, 2.75) is 0 Å². The Labute approximate surface area is 65.6 Å². The summed E-state index contributed by atoms with van der Waals surface area (Å²) in [6, 6.07) is 2.03. The van der Waals surface area contributed by atoms with Gasteiger partial charge >= 0.3 is 0 Å². The van der Waals surface area contributed by atoms with Crippen molar-refractivity contribution < 1.29 is 0 Å². The Balaban J connectivity index is 2.92. The minimum atomic E-state index is 0.609. The van der Waals surface area contributed by atoms with Gasteiger partial charge in [-0.15, -0.1) is 0 Å². The van der Waals surface area contributed by atoms with E-state index in [1.807, 2.05) is 6.07 Å². The van der Waals surface area contributed by atoms with Crippen LogP contribution in [0.1, 0.15) is 0 Å². The highest BCUT2D eigenvalue weighted by molar-refractivity contribution is 5.41. The van der Waals surface area contributed by atoms with Gasteiger partial charge in [0, 0.05) is 5.70 Å².